The lowest BCUT2D eigenvalue weighted by atomic mass is 10.1. The molecule has 32 heavy (non-hydrogen) atoms. The summed E-state index contributed by atoms with van der Waals surface area (Å²) in [5, 5.41) is 10.1. The number of para-hydroxylation sites is 1. The summed E-state index contributed by atoms with van der Waals surface area (Å²) in [5.41, 5.74) is 3.61. The van der Waals surface area contributed by atoms with Crippen molar-refractivity contribution in [3.05, 3.63) is 100 Å². The molecule has 0 saturated carbocycles. The first kappa shape index (κ1) is 22.5. The number of halogens is 2. The zero-order valence-electron chi connectivity index (χ0n) is 17.3. The third kappa shape index (κ3) is 5.02. The van der Waals surface area contributed by atoms with E-state index in [9.17, 15) is 12.8 Å². The average Bonchev–Trinajstić information content (AvgIpc) is 3.11. The van der Waals surface area contributed by atoms with E-state index in [-0.39, 0.29) is 10.7 Å². The lowest BCUT2D eigenvalue weighted by Crippen LogP contribution is -2.17. The summed E-state index contributed by atoms with van der Waals surface area (Å²) in [6.45, 7) is 1.71. The van der Waals surface area contributed by atoms with Gasteiger partial charge in [0, 0.05) is 34.2 Å². The first-order valence-electron chi connectivity index (χ1n) is 10.1. The average molecular weight is 472 g/mol. The second kappa shape index (κ2) is 9.42. The molecule has 0 radical (unpaired) electrons. The predicted octanol–water partition coefficient (Wildman–Crippen LogP) is 4.46. The fourth-order valence-corrected chi connectivity index (χ4v) is 4.49. The molecule has 0 aliphatic heterocycles. The summed E-state index contributed by atoms with van der Waals surface area (Å²) in [5.74, 6) is -0.316. The minimum absolute atomic E-state index is 0.108. The van der Waals surface area contributed by atoms with Crippen LogP contribution in [0.4, 0.5) is 4.39 Å². The first-order chi connectivity index (χ1) is 15.3. The number of primary sulfonamides is 1. The Morgan fingerprint density at radius 1 is 1.00 bits per heavy atom. The first-order valence-corrected chi connectivity index (χ1v) is 12.1. The monoisotopic (exact) mass is 471 g/mol. The predicted molar refractivity (Wildman–Crippen MR) is 126 cm³/mol. The van der Waals surface area contributed by atoms with Gasteiger partial charge in [0.25, 0.3) is 0 Å². The van der Waals surface area contributed by atoms with E-state index in [1.807, 2.05) is 29.0 Å². The van der Waals surface area contributed by atoms with Crippen molar-refractivity contribution in [3.63, 3.8) is 0 Å². The molecule has 0 amide bonds. The third-order valence-electron chi connectivity index (χ3n) is 5.42. The number of sulfonamides is 1. The molecule has 0 aliphatic rings. The SMILES string of the molecule is NS(=O)(=O)c1ccc(CCNCc2cn(Cc3c(F)cccc3Cl)c3ccccc23)cc1. The van der Waals surface area contributed by atoms with E-state index in [2.05, 4.69) is 11.4 Å². The molecule has 1 heterocycles. The third-order valence-corrected chi connectivity index (χ3v) is 6.70. The van der Waals surface area contributed by atoms with E-state index >= 15 is 0 Å². The largest absolute Gasteiger partial charge is 0.343 e. The molecule has 0 unspecified atom stereocenters. The number of rotatable bonds is 8. The molecular weight excluding hydrogens is 449 g/mol. The van der Waals surface area contributed by atoms with E-state index in [0.717, 1.165) is 28.5 Å². The number of hydrogen-bond donors (Lipinski definition) is 2. The Bertz CT molecular complexity index is 1330. The lowest BCUT2D eigenvalue weighted by Gasteiger charge is -2.08. The van der Waals surface area contributed by atoms with Gasteiger partial charge in [0.05, 0.1) is 11.4 Å². The van der Waals surface area contributed by atoms with Crippen molar-refractivity contribution in [2.75, 3.05) is 6.54 Å². The standard InChI is InChI=1S/C24H23ClFN3O2S/c25-22-5-3-6-23(26)21(22)16-29-15-18(20-4-1-2-7-24(20)29)14-28-13-12-17-8-10-19(11-9-17)32(27,30)31/h1-11,15,28H,12-14,16H2,(H2,27,30,31). The Labute approximate surface area is 191 Å². The van der Waals surface area contributed by atoms with Gasteiger partial charge in [0.1, 0.15) is 5.82 Å². The molecule has 0 aliphatic carbocycles. The van der Waals surface area contributed by atoms with E-state index in [1.54, 1.807) is 24.3 Å². The van der Waals surface area contributed by atoms with Gasteiger partial charge < -0.3 is 9.88 Å². The fraction of sp³-hybridized carbons (Fsp3) is 0.167. The van der Waals surface area contributed by atoms with Crippen LogP contribution in [0.15, 0.2) is 77.8 Å². The lowest BCUT2D eigenvalue weighted by molar-refractivity contribution is 0.597. The van der Waals surface area contributed by atoms with Gasteiger partial charge in [0.2, 0.25) is 10.0 Å². The van der Waals surface area contributed by atoms with Gasteiger partial charge in [-0.1, -0.05) is 48.0 Å². The minimum atomic E-state index is -3.68. The van der Waals surface area contributed by atoms with Crippen LogP contribution in [0.3, 0.4) is 0 Å². The molecule has 0 atom stereocenters. The molecule has 0 bridgehead atoms. The summed E-state index contributed by atoms with van der Waals surface area (Å²) in [7, 11) is -3.68. The molecule has 0 spiro atoms. The number of fused-ring (bicyclic) bond motifs is 1. The minimum Gasteiger partial charge on any atom is -0.343 e. The molecule has 4 rings (SSSR count). The molecule has 4 aromatic rings. The number of aromatic nitrogens is 1. The summed E-state index contributed by atoms with van der Waals surface area (Å²) in [4.78, 5) is 0.108. The Kier molecular flexibility index (Phi) is 6.62. The van der Waals surface area contributed by atoms with Crippen LogP contribution in [-0.2, 0) is 29.5 Å². The van der Waals surface area contributed by atoms with Gasteiger partial charge in [-0.15, -0.1) is 0 Å². The van der Waals surface area contributed by atoms with Crippen LogP contribution in [-0.4, -0.2) is 19.5 Å². The molecule has 8 heteroatoms. The van der Waals surface area contributed by atoms with Gasteiger partial charge in [-0.05, 0) is 54.4 Å². The van der Waals surface area contributed by atoms with E-state index in [1.165, 1.54) is 18.2 Å². The maximum atomic E-state index is 14.3. The second-order valence-corrected chi connectivity index (χ2v) is 9.58. The Morgan fingerprint density at radius 2 is 1.75 bits per heavy atom. The molecule has 1 aromatic heterocycles. The van der Waals surface area contributed by atoms with Crippen LogP contribution < -0.4 is 10.5 Å². The van der Waals surface area contributed by atoms with Crippen molar-refractivity contribution >= 4 is 32.5 Å². The smallest absolute Gasteiger partial charge is 0.238 e. The van der Waals surface area contributed by atoms with Crippen molar-refractivity contribution in [1.82, 2.24) is 9.88 Å². The number of hydrogen-bond acceptors (Lipinski definition) is 3. The highest BCUT2D eigenvalue weighted by atomic mass is 35.5. The van der Waals surface area contributed by atoms with Crippen LogP contribution >= 0.6 is 11.6 Å². The van der Waals surface area contributed by atoms with Crippen molar-refractivity contribution in [1.29, 1.82) is 0 Å². The van der Waals surface area contributed by atoms with Gasteiger partial charge in [0.15, 0.2) is 0 Å². The van der Waals surface area contributed by atoms with E-state index in [4.69, 9.17) is 16.7 Å². The highest BCUT2D eigenvalue weighted by molar-refractivity contribution is 7.89. The van der Waals surface area contributed by atoms with Crippen LogP contribution in [0.5, 0.6) is 0 Å². The van der Waals surface area contributed by atoms with Gasteiger partial charge >= 0.3 is 0 Å². The summed E-state index contributed by atoms with van der Waals surface area (Å²) in [6.07, 6.45) is 2.77. The molecular formula is C24H23ClFN3O2S. The van der Waals surface area contributed by atoms with E-state index in [0.29, 0.717) is 30.2 Å². The topological polar surface area (TPSA) is 77.1 Å². The van der Waals surface area contributed by atoms with Crippen molar-refractivity contribution in [2.24, 2.45) is 5.14 Å². The molecule has 0 fully saturated rings. The summed E-state index contributed by atoms with van der Waals surface area (Å²) >= 11 is 6.23. The number of nitrogens with zero attached hydrogens (tertiary/aromatic N) is 1. The molecule has 5 nitrogen and oxygen atoms in total. The van der Waals surface area contributed by atoms with Crippen LogP contribution in [0, 0.1) is 5.82 Å². The quantitative estimate of drug-likeness (QED) is 0.372. The van der Waals surface area contributed by atoms with Gasteiger partial charge in [-0.25, -0.2) is 17.9 Å². The maximum Gasteiger partial charge on any atom is 0.238 e. The Morgan fingerprint density at radius 3 is 2.47 bits per heavy atom. The molecule has 166 valence electrons. The highest BCUT2D eigenvalue weighted by Crippen LogP contribution is 2.26. The Hall–Kier alpha value is -2.71. The zero-order chi connectivity index (χ0) is 22.7. The molecule has 3 aromatic carbocycles. The molecule has 0 saturated heterocycles. The number of benzene rings is 3. The van der Waals surface area contributed by atoms with Crippen molar-refractivity contribution in [2.45, 2.75) is 24.4 Å². The van der Waals surface area contributed by atoms with Crippen LogP contribution in [0.25, 0.3) is 10.9 Å². The maximum absolute atomic E-state index is 14.3. The van der Waals surface area contributed by atoms with Crippen LogP contribution in [0.2, 0.25) is 5.02 Å². The van der Waals surface area contributed by atoms with Crippen molar-refractivity contribution in [3.8, 4) is 0 Å². The second-order valence-electron chi connectivity index (χ2n) is 7.62. The fourth-order valence-electron chi connectivity index (χ4n) is 3.75. The Balaban J connectivity index is 1.45. The summed E-state index contributed by atoms with van der Waals surface area (Å²) in [6, 6.07) is 19.3. The van der Waals surface area contributed by atoms with Crippen molar-refractivity contribution < 1.29 is 12.8 Å². The normalized spacial score (nSPS) is 11.8. The molecule has 3 N–H and O–H groups in total. The number of nitrogens with one attached hydrogen (secondary N) is 1. The van der Waals surface area contributed by atoms with E-state index < -0.39 is 10.0 Å². The van der Waals surface area contributed by atoms with Crippen LogP contribution in [0.1, 0.15) is 16.7 Å². The highest BCUT2D eigenvalue weighted by Gasteiger charge is 2.12. The summed E-state index contributed by atoms with van der Waals surface area (Å²) < 4.78 is 39.0. The van der Waals surface area contributed by atoms with Gasteiger partial charge in [-0.3, -0.25) is 0 Å². The number of nitrogens with two attached hydrogens (primary N) is 1. The zero-order valence-corrected chi connectivity index (χ0v) is 18.8. The van der Waals surface area contributed by atoms with Gasteiger partial charge in [-0.2, -0.15) is 0 Å².